The number of hydrogen-bond donors (Lipinski definition) is 0. The van der Waals surface area contributed by atoms with Crippen LogP contribution in [-0.2, 0) is 0 Å². The van der Waals surface area contributed by atoms with Gasteiger partial charge >= 0.3 is 0 Å². The highest BCUT2D eigenvalue weighted by molar-refractivity contribution is 7.11. The van der Waals surface area contributed by atoms with Gasteiger partial charge < -0.3 is 0 Å². The lowest BCUT2D eigenvalue weighted by molar-refractivity contribution is 1.52. The second-order valence-electron chi connectivity index (χ2n) is 3.12. The smallest absolute Gasteiger partial charge is 0.0801 e. The van der Waals surface area contributed by atoms with Crippen LogP contribution in [0.1, 0.15) is 20.9 Å². The van der Waals surface area contributed by atoms with E-state index in [1.165, 1.54) is 20.9 Å². The van der Waals surface area contributed by atoms with Crippen LogP contribution < -0.4 is 0 Å². The van der Waals surface area contributed by atoms with Crippen LogP contribution in [0.25, 0.3) is 0 Å². The zero-order valence-corrected chi connectivity index (χ0v) is 9.76. The molecular formula is C12H10S2. The molecule has 2 heteroatoms. The Morgan fingerprint density at radius 1 is 0.857 bits per heavy atom. The van der Waals surface area contributed by atoms with E-state index in [0.717, 1.165) is 0 Å². The molecule has 0 bridgehead atoms. The average Bonchev–Trinajstić information content (AvgIpc) is 2.72. The fraction of sp³-hybridized carbons (Fsp3) is 0.167. The summed E-state index contributed by atoms with van der Waals surface area (Å²) in [6, 6.07) is 4.21. The molecule has 2 rings (SSSR count). The van der Waals surface area contributed by atoms with Gasteiger partial charge in [-0.1, -0.05) is 0 Å². The minimum atomic E-state index is 1.18. The molecule has 0 nitrogen and oxygen atoms in total. The summed E-state index contributed by atoms with van der Waals surface area (Å²) in [5.41, 5.74) is 2.55. The molecule has 0 saturated heterocycles. The minimum Gasteiger partial charge on any atom is -0.135 e. The summed E-state index contributed by atoms with van der Waals surface area (Å²) >= 11 is 3.42. The van der Waals surface area contributed by atoms with Gasteiger partial charge in [-0.05, 0) is 59.7 Å². The Morgan fingerprint density at radius 2 is 1.29 bits per heavy atom. The van der Waals surface area contributed by atoms with Crippen molar-refractivity contribution >= 4 is 22.7 Å². The van der Waals surface area contributed by atoms with Gasteiger partial charge in [-0.3, -0.25) is 0 Å². The van der Waals surface area contributed by atoms with Crippen molar-refractivity contribution in [3.63, 3.8) is 0 Å². The molecule has 14 heavy (non-hydrogen) atoms. The molecule has 0 aliphatic rings. The predicted octanol–water partition coefficient (Wildman–Crippen LogP) is 3.83. The Kier molecular flexibility index (Phi) is 2.72. The lowest BCUT2D eigenvalue weighted by Gasteiger charge is -1.85. The van der Waals surface area contributed by atoms with E-state index in [2.05, 4.69) is 48.6 Å². The Labute approximate surface area is 92.2 Å². The van der Waals surface area contributed by atoms with Crippen LogP contribution in [0.4, 0.5) is 0 Å². The molecule has 0 amide bonds. The first-order valence-electron chi connectivity index (χ1n) is 4.37. The first-order chi connectivity index (χ1) is 6.77. The van der Waals surface area contributed by atoms with Crippen LogP contribution in [0.15, 0.2) is 22.9 Å². The SMILES string of the molecule is Cc1ccsc1C#Cc1sccc1C. The van der Waals surface area contributed by atoms with Crippen molar-refractivity contribution in [3.8, 4) is 11.8 Å². The topological polar surface area (TPSA) is 0 Å². The molecule has 70 valence electrons. The van der Waals surface area contributed by atoms with E-state index in [-0.39, 0.29) is 0 Å². The maximum atomic E-state index is 3.22. The largest absolute Gasteiger partial charge is 0.135 e. The van der Waals surface area contributed by atoms with Crippen molar-refractivity contribution < 1.29 is 0 Å². The highest BCUT2D eigenvalue weighted by Crippen LogP contribution is 2.16. The molecule has 2 aromatic rings. The maximum Gasteiger partial charge on any atom is 0.0801 e. The van der Waals surface area contributed by atoms with Crippen molar-refractivity contribution in [2.24, 2.45) is 0 Å². The van der Waals surface area contributed by atoms with Gasteiger partial charge in [0.1, 0.15) is 0 Å². The second kappa shape index (κ2) is 4.00. The third kappa shape index (κ3) is 1.89. The summed E-state index contributed by atoms with van der Waals surface area (Å²) < 4.78 is 0. The van der Waals surface area contributed by atoms with Crippen molar-refractivity contribution in [2.45, 2.75) is 13.8 Å². The minimum absolute atomic E-state index is 1.18. The lowest BCUT2D eigenvalue weighted by atomic mass is 10.2. The van der Waals surface area contributed by atoms with Gasteiger partial charge in [-0.15, -0.1) is 22.7 Å². The standard InChI is InChI=1S/C12H10S2/c1-9-5-7-13-11(9)3-4-12-10(2)6-8-14-12/h5-8H,1-2H3. The number of thiophene rings is 2. The van der Waals surface area contributed by atoms with Gasteiger partial charge in [0.2, 0.25) is 0 Å². The lowest BCUT2D eigenvalue weighted by Crippen LogP contribution is -1.72. The van der Waals surface area contributed by atoms with E-state index in [1.807, 2.05) is 0 Å². The fourth-order valence-electron chi connectivity index (χ4n) is 1.12. The highest BCUT2D eigenvalue weighted by Gasteiger charge is 1.96. The van der Waals surface area contributed by atoms with E-state index in [1.54, 1.807) is 22.7 Å². The highest BCUT2D eigenvalue weighted by atomic mass is 32.1. The molecule has 0 N–H and O–H groups in total. The molecule has 0 aromatic carbocycles. The van der Waals surface area contributed by atoms with E-state index in [9.17, 15) is 0 Å². The van der Waals surface area contributed by atoms with Crippen LogP contribution in [-0.4, -0.2) is 0 Å². The third-order valence-corrected chi connectivity index (χ3v) is 3.88. The van der Waals surface area contributed by atoms with E-state index < -0.39 is 0 Å². The molecule has 0 fully saturated rings. The van der Waals surface area contributed by atoms with E-state index >= 15 is 0 Å². The summed E-state index contributed by atoms with van der Waals surface area (Å²) in [7, 11) is 0. The van der Waals surface area contributed by atoms with Gasteiger partial charge in [0.25, 0.3) is 0 Å². The van der Waals surface area contributed by atoms with E-state index in [4.69, 9.17) is 0 Å². The van der Waals surface area contributed by atoms with Gasteiger partial charge in [0.15, 0.2) is 0 Å². The normalized spacial score (nSPS) is 9.57. The van der Waals surface area contributed by atoms with Crippen molar-refractivity contribution in [2.75, 3.05) is 0 Å². The number of hydrogen-bond acceptors (Lipinski definition) is 2. The molecule has 0 atom stereocenters. The molecule has 0 aliphatic carbocycles. The van der Waals surface area contributed by atoms with Crippen LogP contribution in [0.5, 0.6) is 0 Å². The summed E-state index contributed by atoms with van der Waals surface area (Å²) in [5, 5.41) is 4.17. The number of aryl methyl sites for hydroxylation is 2. The van der Waals surface area contributed by atoms with E-state index in [0.29, 0.717) is 0 Å². The molecule has 2 heterocycles. The first kappa shape index (κ1) is 9.51. The third-order valence-electron chi connectivity index (χ3n) is 2.01. The summed E-state index contributed by atoms with van der Waals surface area (Å²) in [6.07, 6.45) is 0. The first-order valence-corrected chi connectivity index (χ1v) is 6.13. The molecule has 2 aromatic heterocycles. The predicted molar refractivity (Wildman–Crippen MR) is 64.1 cm³/mol. The molecule has 0 unspecified atom stereocenters. The Morgan fingerprint density at radius 3 is 1.57 bits per heavy atom. The molecular weight excluding hydrogens is 208 g/mol. The molecule has 0 radical (unpaired) electrons. The monoisotopic (exact) mass is 218 g/mol. The number of rotatable bonds is 0. The van der Waals surface area contributed by atoms with Crippen molar-refractivity contribution in [3.05, 3.63) is 43.8 Å². The average molecular weight is 218 g/mol. The van der Waals surface area contributed by atoms with Crippen molar-refractivity contribution in [1.29, 1.82) is 0 Å². The van der Waals surface area contributed by atoms with Crippen LogP contribution >= 0.6 is 22.7 Å². The summed E-state index contributed by atoms with van der Waals surface area (Å²) in [6.45, 7) is 4.20. The molecule has 0 spiro atoms. The van der Waals surface area contributed by atoms with Crippen LogP contribution in [0.2, 0.25) is 0 Å². The second-order valence-corrected chi connectivity index (χ2v) is 4.95. The Balaban J connectivity index is 2.31. The van der Waals surface area contributed by atoms with Gasteiger partial charge in [0.05, 0.1) is 9.75 Å². The maximum absolute atomic E-state index is 3.22. The zero-order valence-electron chi connectivity index (χ0n) is 8.13. The van der Waals surface area contributed by atoms with Gasteiger partial charge in [0, 0.05) is 0 Å². The Bertz CT molecular complexity index is 447. The quantitative estimate of drug-likeness (QED) is 0.590. The van der Waals surface area contributed by atoms with Crippen LogP contribution in [0, 0.1) is 25.7 Å². The van der Waals surface area contributed by atoms with Gasteiger partial charge in [-0.25, -0.2) is 0 Å². The Hall–Kier alpha value is -1.04. The summed E-state index contributed by atoms with van der Waals surface area (Å²) in [5.74, 6) is 6.43. The van der Waals surface area contributed by atoms with Crippen LogP contribution in [0.3, 0.4) is 0 Å². The fourth-order valence-corrected chi connectivity index (χ4v) is 2.66. The summed E-state index contributed by atoms with van der Waals surface area (Å²) in [4.78, 5) is 2.36. The molecule has 0 saturated carbocycles. The zero-order chi connectivity index (χ0) is 9.97. The molecule has 0 aliphatic heterocycles. The van der Waals surface area contributed by atoms with Crippen molar-refractivity contribution in [1.82, 2.24) is 0 Å². The van der Waals surface area contributed by atoms with Gasteiger partial charge in [-0.2, -0.15) is 0 Å².